The van der Waals surface area contributed by atoms with Crippen LogP contribution in [0.2, 0.25) is 0 Å². The quantitative estimate of drug-likeness (QED) is 0.747. The van der Waals surface area contributed by atoms with Gasteiger partial charge in [0.15, 0.2) is 0 Å². The number of hydrogen-bond donors (Lipinski definition) is 1. The van der Waals surface area contributed by atoms with Crippen molar-refractivity contribution < 1.29 is 5.11 Å². The predicted molar refractivity (Wildman–Crippen MR) is 65.4 cm³/mol. The van der Waals surface area contributed by atoms with Crippen molar-refractivity contribution in [3.05, 3.63) is 0 Å². The highest BCUT2D eigenvalue weighted by Crippen LogP contribution is 2.22. The van der Waals surface area contributed by atoms with Gasteiger partial charge in [-0.25, -0.2) is 0 Å². The molecule has 15 heavy (non-hydrogen) atoms. The number of aliphatic hydroxyl groups is 1. The van der Waals surface area contributed by atoms with Gasteiger partial charge >= 0.3 is 0 Å². The topological polar surface area (TPSA) is 26.7 Å². The fourth-order valence-electron chi connectivity index (χ4n) is 2.64. The molecule has 0 unspecified atom stereocenters. The Morgan fingerprint density at radius 2 is 2.00 bits per heavy atom. The van der Waals surface area contributed by atoms with Crippen LogP contribution in [0, 0.1) is 0 Å². The maximum atomic E-state index is 10.5. The van der Waals surface area contributed by atoms with Crippen LogP contribution in [0.5, 0.6) is 0 Å². The van der Waals surface area contributed by atoms with E-state index in [1.165, 1.54) is 11.5 Å². The fourth-order valence-corrected chi connectivity index (χ4v) is 3.62. The predicted octanol–water partition coefficient (Wildman–Crippen LogP) is 0.492. The van der Waals surface area contributed by atoms with Crippen LogP contribution in [0.3, 0.4) is 0 Å². The Balaban J connectivity index is 1.85. The maximum absolute atomic E-state index is 10.5. The van der Waals surface area contributed by atoms with Crippen molar-refractivity contribution in [1.82, 2.24) is 9.80 Å². The molecule has 2 saturated heterocycles. The first kappa shape index (κ1) is 11.7. The number of thioether (sulfide) groups is 1. The number of rotatable bonds is 2. The summed E-state index contributed by atoms with van der Waals surface area (Å²) < 4.78 is 0. The first-order chi connectivity index (χ1) is 7.18. The molecule has 0 radical (unpaired) electrons. The van der Waals surface area contributed by atoms with Gasteiger partial charge in [0.05, 0.1) is 5.60 Å². The molecule has 1 N–H and O–H groups in total. The number of piperidine rings is 1. The Morgan fingerprint density at radius 1 is 1.27 bits per heavy atom. The van der Waals surface area contributed by atoms with Gasteiger partial charge in [0.2, 0.25) is 0 Å². The van der Waals surface area contributed by atoms with Crippen molar-refractivity contribution in [3.63, 3.8) is 0 Å². The van der Waals surface area contributed by atoms with Gasteiger partial charge in [-0.05, 0) is 26.4 Å². The van der Waals surface area contributed by atoms with E-state index < -0.39 is 5.60 Å². The first-order valence-electron chi connectivity index (χ1n) is 5.89. The van der Waals surface area contributed by atoms with Gasteiger partial charge in [-0.1, -0.05) is 0 Å². The summed E-state index contributed by atoms with van der Waals surface area (Å²) in [4.78, 5) is 4.68. The second kappa shape index (κ2) is 5.04. The maximum Gasteiger partial charge on any atom is 0.0900 e. The van der Waals surface area contributed by atoms with E-state index in [9.17, 15) is 5.11 Å². The minimum atomic E-state index is -0.449. The lowest BCUT2D eigenvalue weighted by Gasteiger charge is -2.41. The third-order valence-electron chi connectivity index (χ3n) is 3.37. The Morgan fingerprint density at radius 3 is 2.67 bits per heavy atom. The lowest BCUT2D eigenvalue weighted by Crippen LogP contribution is -2.54. The smallest absolute Gasteiger partial charge is 0.0900 e. The largest absolute Gasteiger partial charge is 0.387 e. The molecule has 2 rings (SSSR count). The average Bonchev–Trinajstić information content (AvgIpc) is 2.18. The van der Waals surface area contributed by atoms with Crippen LogP contribution in [-0.4, -0.2) is 71.8 Å². The average molecular weight is 230 g/mol. The zero-order valence-electron chi connectivity index (χ0n) is 9.61. The van der Waals surface area contributed by atoms with Gasteiger partial charge in [0.1, 0.15) is 0 Å². The van der Waals surface area contributed by atoms with Gasteiger partial charge in [0, 0.05) is 37.7 Å². The molecule has 0 aromatic carbocycles. The van der Waals surface area contributed by atoms with Crippen LogP contribution in [0.25, 0.3) is 0 Å². The summed E-state index contributed by atoms with van der Waals surface area (Å²) in [6.45, 7) is 5.15. The highest BCUT2D eigenvalue weighted by Gasteiger charge is 2.33. The molecule has 0 aromatic heterocycles. The van der Waals surface area contributed by atoms with Crippen molar-refractivity contribution in [2.45, 2.75) is 18.4 Å². The van der Waals surface area contributed by atoms with E-state index in [0.29, 0.717) is 0 Å². The molecule has 0 aliphatic carbocycles. The summed E-state index contributed by atoms with van der Waals surface area (Å²) in [6.07, 6.45) is 2.11. The molecule has 3 nitrogen and oxygen atoms in total. The lowest BCUT2D eigenvalue weighted by atomic mass is 9.92. The number of nitrogens with zero attached hydrogens (tertiary/aromatic N) is 2. The van der Waals surface area contributed by atoms with Crippen molar-refractivity contribution in [2.75, 3.05) is 51.3 Å². The van der Waals surface area contributed by atoms with Crippen LogP contribution in [0.15, 0.2) is 0 Å². The molecule has 2 fully saturated rings. The lowest BCUT2D eigenvalue weighted by molar-refractivity contribution is -0.0455. The second-order valence-electron chi connectivity index (χ2n) is 4.95. The van der Waals surface area contributed by atoms with Gasteiger partial charge in [-0.15, -0.1) is 0 Å². The highest BCUT2D eigenvalue weighted by molar-refractivity contribution is 7.99. The number of likely N-dealkylation sites (tertiary alicyclic amines) is 1. The monoisotopic (exact) mass is 230 g/mol. The van der Waals surface area contributed by atoms with Crippen LogP contribution in [-0.2, 0) is 0 Å². The van der Waals surface area contributed by atoms with E-state index in [1.807, 2.05) is 11.8 Å². The summed E-state index contributed by atoms with van der Waals surface area (Å²) in [7, 11) is 2.11. The summed E-state index contributed by atoms with van der Waals surface area (Å²) in [5, 5.41) is 10.5. The van der Waals surface area contributed by atoms with E-state index >= 15 is 0 Å². The molecule has 88 valence electrons. The molecule has 2 aliphatic rings. The molecule has 0 bridgehead atoms. The SMILES string of the molecule is CN1CCC[C@](O)(CN2CCSCC2)C1. The van der Waals surface area contributed by atoms with Crippen LogP contribution < -0.4 is 0 Å². The summed E-state index contributed by atoms with van der Waals surface area (Å²) in [5.41, 5.74) is -0.449. The summed E-state index contributed by atoms with van der Waals surface area (Å²) in [5.74, 6) is 2.46. The molecule has 0 saturated carbocycles. The Labute approximate surface area is 96.8 Å². The molecular formula is C11H22N2OS. The van der Waals surface area contributed by atoms with Gasteiger partial charge < -0.3 is 10.0 Å². The van der Waals surface area contributed by atoms with E-state index in [2.05, 4.69) is 16.8 Å². The minimum absolute atomic E-state index is 0.449. The Bertz CT molecular complexity index is 209. The normalized spacial score (nSPS) is 35.6. The van der Waals surface area contributed by atoms with Crippen molar-refractivity contribution in [3.8, 4) is 0 Å². The first-order valence-corrected chi connectivity index (χ1v) is 7.04. The summed E-state index contributed by atoms with van der Waals surface area (Å²) >= 11 is 2.03. The molecule has 0 aromatic rings. The Kier molecular flexibility index (Phi) is 3.93. The van der Waals surface area contributed by atoms with Gasteiger partial charge in [0.25, 0.3) is 0 Å². The highest BCUT2D eigenvalue weighted by atomic mass is 32.2. The molecule has 0 spiro atoms. The minimum Gasteiger partial charge on any atom is -0.387 e. The molecule has 1 atom stereocenters. The van der Waals surface area contributed by atoms with E-state index in [0.717, 1.165) is 45.6 Å². The third kappa shape index (κ3) is 3.34. The van der Waals surface area contributed by atoms with E-state index in [-0.39, 0.29) is 0 Å². The van der Waals surface area contributed by atoms with Gasteiger partial charge in [-0.2, -0.15) is 11.8 Å². The van der Waals surface area contributed by atoms with Crippen molar-refractivity contribution >= 4 is 11.8 Å². The van der Waals surface area contributed by atoms with Crippen LogP contribution in [0.4, 0.5) is 0 Å². The second-order valence-corrected chi connectivity index (χ2v) is 6.18. The molecule has 2 aliphatic heterocycles. The molecule has 2 heterocycles. The number of likely N-dealkylation sites (N-methyl/N-ethyl adjacent to an activating group) is 1. The summed E-state index contributed by atoms with van der Waals surface area (Å²) in [6, 6.07) is 0. The standard InChI is InChI=1S/C11H22N2OS/c1-12-4-2-3-11(14,9-12)10-13-5-7-15-8-6-13/h14H,2-10H2,1H3/t11-/m1/s1. The van der Waals surface area contributed by atoms with Crippen molar-refractivity contribution in [1.29, 1.82) is 0 Å². The van der Waals surface area contributed by atoms with Crippen molar-refractivity contribution in [2.24, 2.45) is 0 Å². The fraction of sp³-hybridized carbons (Fsp3) is 1.00. The molecule has 0 amide bonds. The molecule has 4 heteroatoms. The van der Waals surface area contributed by atoms with E-state index in [1.54, 1.807) is 0 Å². The van der Waals surface area contributed by atoms with Crippen LogP contribution in [0.1, 0.15) is 12.8 Å². The zero-order chi connectivity index (χ0) is 10.7. The number of β-amino-alcohol motifs (C(OH)–C–C–N with tert-alkyl or cyclic N) is 1. The zero-order valence-corrected chi connectivity index (χ0v) is 10.4. The van der Waals surface area contributed by atoms with Gasteiger partial charge in [-0.3, -0.25) is 4.90 Å². The van der Waals surface area contributed by atoms with E-state index in [4.69, 9.17) is 0 Å². The molecular weight excluding hydrogens is 208 g/mol. The van der Waals surface area contributed by atoms with Crippen LogP contribution >= 0.6 is 11.8 Å². The Hall–Kier alpha value is 0.230. The number of hydrogen-bond acceptors (Lipinski definition) is 4. The third-order valence-corrected chi connectivity index (χ3v) is 4.31.